The summed E-state index contributed by atoms with van der Waals surface area (Å²) in [7, 11) is 4.11. The van der Waals surface area contributed by atoms with E-state index in [1.54, 1.807) is 0 Å². The highest BCUT2D eigenvalue weighted by Gasteiger charge is 2.61. The SMILES string of the molecule is CCOCCOC(=O)C[N+](C)(C)CCO[C@H]1C[C@@H]2CC[C@@]1(C)C2(C)C. The van der Waals surface area contributed by atoms with Gasteiger partial charge in [0.2, 0.25) is 0 Å². The fourth-order valence-electron chi connectivity index (χ4n) is 4.66. The smallest absolute Gasteiger partial charge is 0.361 e. The number of esters is 1. The Morgan fingerprint density at radius 2 is 1.88 bits per heavy atom. The molecule has 0 aromatic heterocycles. The molecule has 5 heteroatoms. The lowest BCUT2D eigenvalue weighted by Crippen LogP contribution is -2.47. The second-order valence-corrected chi connectivity index (χ2v) is 9.20. The van der Waals surface area contributed by atoms with Crippen LogP contribution in [-0.2, 0) is 19.0 Å². The number of rotatable bonds is 10. The first kappa shape index (κ1) is 20.7. The Hall–Kier alpha value is -0.650. The van der Waals surface area contributed by atoms with Gasteiger partial charge in [-0.15, -0.1) is 0 Å². The molecule has 0 unspecified atom stereocenters. The molecule has 0 heterocycles. The van der Waals surface area contributed by atoms with Gasteiger partial charge in [0.15, 0.2) is 6.54 Å². The molecule has 3 atom stereocenters. The van der Waals surface area contributed by atoms with E-state index in [4.69, 9.17) is 14.2 Å². The molecular weight excluding hydrogens is 318 g/mol. The molecule has 2 rings (SSSR count). The maximum atomic E-state index is 11.9. The fraction of sp³-hybridized carbons (Fsp3) is 0.950. The molecule has 2 fully saturated rings. The Morgan fingerprint density at radius 1 is 1.16 bits per heavy atom. The van der Waals surface area contributed by atoms with Gasteiger partial charge in [-0.2, -0.15) is 0 Å². The van der Waals surface area contributed by atoms with Gasteiger partial charge in [0.05, 0.1) is 33.4 Å². The second kappa shape index (κ2) is 7.93. The van der Waals surface area contributed by atoms with Gasteiger partial charge in [-0.05, 0) is 42.9 Å². The number of nitrogens with zero attached hydrogens (tertiary/aromatic N) is 1. The van der Waals surface area contributed by atoms with Crippen molar-refractivity contribution < 1.29 is 23.5 Å². The van der Waals surface area contributed by atoms with Crippen LogP contribution in [0.25, 0.3) is 0 Å². The Kier molecular flexibility index (Phi) is 6.55. The van der Waals surface area contributed by atoms with Crippen LogP contribution < -0.4 is 0 Å². The van der Waals surface area contributed by atoms with E-state index in [-0.39, 0.29) is 5.97 Å². The highest BCUT2D eigenvalue weighted by atomic mass is 16.6. The molecule has 25 heavy (non-hydrogen) atoms. The van der Waals surface area contributed by atoms with E-state index >= 15 is 0 Å². The number of carbonyl (C=O) groups excluding carboxylic acids is 1. The number of likely N-dealkylation sites (N-methyl/N-ethyl adjacent to an activating group) is 1. The molecule has 0 aliphatic heterocycles. The number of quaternary nitrogens is 1. The van der Waals surface area contributed by atoms with E-state index in [1.807, 2.05) is 6.92 Å². The van der Waals surface area contributed by atoms with Crippen molar-refractivity contribution in [1.29, 1.82) is 0 Å². The zero-order valence-corrected chi connectivity index (χ0v) is 17.1. The molecule has 0 spiro atoms. The molecule has 0 aromatic rings. The fourth-order valence-corrected chi connectivity index (χ4v) is 4.66. The minimum atomic E-state index is -0.169. The van der Waals surface area contributed by atoms with E-state index in [2.05, 4.69) is 34.9 Å². The molecule has 2 bridgehead atoms. The number of hydrogen-bond donors (Lipinski definition) is 0. The van der Waals surface area contributed by atoms with Crippen molar-refractivity contribution in [3.63, 3.8) is 0 Å². The zero-order valence-electron chi connectivity index (χ0n) is 17.1. The number of fused-ring (bicyclic) bond motifs is 2. The number of hydrogen-bond acceptors (Lipinski definition) is 4. The summed E-state index contributed by atoms with van der Waals surface area (Å²) in [6.45, 7) is 12.5. The van der Waals surface area contributed by atoms with Gasteiger partial charge in [0.25, 0.3) is 0 Å². The van der Waals surface area contributed by atoms with Gasteiger partial charge in [0.1, 0.15) is 13.2 Å². The summed E-state index contributed by atoms with van der Waals surface area (Å²) in [5, 5.41) is 0. The van der Waals surface area contributed by atoms with E-state index in [0.717, 1.165) is 12.5 Å². The summed E-state index contributed by atoms with van der Waals surface area (Å²) in [6.07, 6.45) is 4.17. The van der Waals surface area contributed by atoms with Gasteiger partial charge in [-0.25, -0.2) is 4.79 Å². The minimum Gasteiger partial charge on any atom is -0.459 e. The predicted molar refractivity (Wildman–Crippen MR) is 98.3 cm³/mol. The first-order chi connectivity index (χ1) is 11.6. The van der Waals surface area contributed by atoms with Crippen LogP contribution in [0.5, 0.6) is 0 Å². The Labute approximate surface area is 153 Å². The van der Waals surface area contributed by atoms with Crippen molar-refractivity contribution in [2.75, 3.05) is 53.6 Å². The lowest BCUT2D eigenvalue weighted by molar-refractivity contribution is -0.883. The molecule has 5 nitrogen and oxygen atoms in total. The molecule has 0 radical (unpaired) electrons. The standard InChI is InChI=1S/C20H38NO4/c1-7-23-12-13-25-18(22)15-21(5,6)10-11-24-17-14-16-8-9-20(17,4)19(16,2)3/h16-17H,7-15H2,1-6H3/q+1/t16-,17-,20+/m0/s1. The van der Waals surface area contributed by atoms with Crippen LogP contribution in [0.3, 0.4) is 0 Å². The van der Waals surface area contributed by atoms with E-state index in [9.17, 15) is 4.79 Å². The van der Waals surface area contributed by atoms with Crippen LogP contribution in [0, 0.1) is 16.7 Å². The first-order valence-electron chi connectivity index (χ1n) is 9.79. The summed E-state index contributed by atoms with van der Waals surface area (Å²) >= 11 is 0. The van der Waals surface area contributed by atoms with Crippen molar-refractivity contribution in [3.8, 4) is 0 Å². The molecule has 146 valence electrons. The van der Waals surface area contributed by atoms with E-state index < -0.39 is 0 Å². The average Bonchev–Trinajstić information content (AvgIpc) is 2.84. The van der Waals surface area contributed by atoms with Gasteiger partial charge < -0.3 is 18.7 Å². The quantitative estimate of drug-likeness (QED) is 0.343. The van der Waals surface area contributed by atoms with Crippen molar-refractivity contribution in [2.24, 2.45) is 16.7 Å². The topological polar surface area (TPSA) is 44.8 Å². The highest BCUT2D eigenvalue weighted by Crippen LogP contribution is 2.66. The van der Waals surface area contributed by atoms with E-state index in [1.165, 1.54) is 19.3 Å². The van der Waals surface area contributed by atoms with Crippen LogP contribution >= 0.6 is 0 Å². The van der Waals surface area contributed by atoms with Crippen molar-refractivity contribution in [3.05, 3.63) is 0 Å². The third kappa shape index (κ3) is 4.55. The van der Waals surface area contributed by atoms with Gasteiger partial charge in [-0.3, -0.25) is 0 Å². The Balaban J connectivity index is 1.71. The predicted octanol–water partition coefficient (Wildman–Crippen LogP) is 2.87. The van der Waals surface area contributed by atoms with Gasteiger partial charge >= 0.3 is 5.97 Å². The number of carbonyl (C=O) groups is 1. The molecular formula is C20H38NO4+. The third-order valence-electron chi connectivity index (χ3n) is 6.98. The van der Waals surface area contributed by atoms with Crippen LogP contribution in [0.15, 0.2) is 0 Å². The van der Waals surface area contributed by atoms with Crippen LogP contribution in [0.1, 0.15) is 47.0 Å². The first-order valence-corrected chi connectivity index (χ1v) is 9.79. The summed E-state index contributed by atoms with van der Waals surface area (Å²) < 4.78 is 17.3. The van der Waals surface area contributed by atoms with Crippen molar-refractivity contribution in [2.45, 2.75) is 53.1 Å². The summed E-state index contributed by atoms with van der Waals surface area (Å²) in [4.78, 5) is 11.9. The van der Waals surface area contributed by atoms with Crippen LogP contribution in [0.4, 0.5) is 0 Å². The minimum absolute atomic E-state index is 0.169. The largest absolute Gasteiger partial charge is 0.459 e. The maximum absolute atomic E-state index is 11.9. The van der Waals surface area contributed by atoms with Gasteiger partial charge in [0, 0.05) is 6.61 Å². The zero-order chi connectivity index (χ0) is 18.7. The van der Waals surface area contributed by atoms with Crippen LogP contribution in [0.2, 0.25) is 0 Å². The average molecular weight is 357 g/mol. The number of ether oxygens (including phenoxy) is 3. The highest BCUT2D eigenvalue weighted by molar-refractivity contribution is 5.70. The van der Waals surface area contributed by atoms with E-state index in [0.29, 0.717) is 54.4 Å². The maximum Gasteiger partial charge on any atom is 0.361 e. The van der Waals surface area contributed by atoms with Crippen molar-refractivity contribution >= 4 is 5.97 Å². The summed E-state index contributed by atoms with van der Waals surface area (Å²) in [6, 6.07) is 0. The Morgan fingerprint density at radius 3 is 2.44 bits per heavy atom. The van der Waals surface area contributed by atoms with Gasteiger partial charge in [-0.1, -0.05) is 20.8 Å². The summed E-state index contributed by atoms with van der Waals surface area (Å²) in [5.74, 6) is 0.628. The van der Waals surface area contributed by atoms with Crippen molar-refractivity contribution in [1.82, 2.24) is 0 Å². The third-order valence-corrected chi connectivity index (χ3v) is 6.98. The molecule has 0 N–H and O–H groups in total. The molecule has 0 saturated heterocycles. The summed E-state index contributed by atoms with van der Waals surface area (Å²) in [5.41, 5.74) is 0.680. The molecule has 2 aliphatic rings. The molecule has 2 aliphatic carbocycles. The molecule has 0 amide bonds. The second-order valence-electron chi connectivity index (χ2n) is 9.20. The molecule has 2 saturated carbocycles. The van der Waals surface area contributed by atoms with Crippen LogP contribution in [-0.4, -0.2) is 70.2 Å². The monoisotopic (exact) mass is 356 g/mol. The lowest BCUT2D eigenvalue weighted by atomic mass is 9.70. The lowest BCUT2D eigenvalue weighted by Gasteiger charge is -2.39. The Bertz CT molecular complexity index is 463. The normalized spacial score (nSPS) is 30.6. The molecule has 0 aromatic carbocycles.